The normalized spacial score (nSPS) is 23.2. The minimum atomic E-state index is 0.0673. The summed E-state index contributed by atoms with van der Waals surface area (Å²) >= 11 is 3.56. The van der Waals surface area contributed by atoms with Gasteiger partial charge in [-0.15, -0.1) is 0 Å². The SMILES string of the molecule is CC1CCC(N(CC(=O)c2ccc(CN3CCN(CC4CCN(C)CC4)CC3)cc2)c2nc(C#N)ncc2Br)C1. The number of Topliss-reactive ketones (excluding diaryl/α,β-unsaturated/α-hetero) is 1. The van der Waals surface area contributed by atoms with Gasteiger partial charge in [-0.1, -0.05) is 31.2 Å². The number of benzene rings is 1. The van der Waals surface area contributed by atoms with Gasteiger partial charge in [0.1, 0.15) is 11.9 Å². The van der Waals surface area contributed by atoms with Crippen molar-refractivity contribution in [3.05, 3.63) is 51.9 Å². The van der Waals surface area contributed by atoms with Crippen LogP contribution in [-0.2, 0) is 6.54 Å². The number of nitrogens with zero attached hydrogens (tertiary/aromatic N) is 7. The number of piperidine rings is 1. The topological polar surface area (TPSA) is 79.6 Å². The van der Waals surface area contributed by atoms with Crippen LogP contribution in [0.5, 0.6) is 0 Å². The molecule has 2 aromatic rings. The fourth-order valence-corrected chi connectivity index (χ4v) is 6.91. The van der Waals surface area contributed by atoms with Gasteiger partial charge in [-0.05, 0) is 85.6 Å². The van der Waals surface area contributed by atoms with Crippen LogP contribution in [0.1, 0.15) is 60.8 Å². The van der Waals surface area contributed by atoms with Crippen molar-refractivity contribution in [2.75, 3.05) is 64.3 Å². The van der Waals surface area contributed by atoms with Gasteiger partial charge >= 0.3 is 0 Å². The van der Waals surface area contributed by atoms with E-state index < -0.39 is 0 Å². The van der Waals surface area contributed by atoms with Gasteiger partial charge in [-0.3, -0.25) is 9.69 Å². The van der Waals surface area contributed by atoms with Crippen molar-refractivity contribution in [3.8, 4) is 6.07 Å². The Bertz CT molecular complexity index is 1180. The molecule has 3 aliphatic rings. The lowest BCUT2D eigenvalue weighted by atomic mass is 9.96. The molecule has 1 saturated carbocycles. The minimum Gasteiger partial charge on any atom is -0.345 e. The van der Waals surface area contributed by atoms with Crippen LogP contribution < -0.4 is 4.90 Å². The maximum atomic E-state index is 13.5. The first-order valence-electron chi connectivity index (χ1n) is 14.8. The maximum Gasteiger partial charge on any atom is 0.234 e. The molecule has 0 radical (unpaired) electrons. The second-order valence-electron chi connectivity index (χ2n) is 12.1. The molecule has 8 nitrogen and oxygen atoms in total. The molecule has 1 aromatic carbocycles. The van der Waals surface area contributed by atoms with Crippen LogP contribution in [0.4, 0.5) is 5.82 Å². The summed E-state index contributed by atoms with van der Waals surface area (Å²) in [5, 5.41) is 9.35. The third kappa shape index (κ3) is 7.47. The van der Waals surface area contributed by atoms with Crippen molar-refractivity contribution in [2.45, 2.75) is 51.6 Å². The van der Waals surface area contributed by atoms with E-state index in [9.17, 15) is 10.1 Å². The molecule has 2 aliphatic heterocycles. The van der Waals surface area contributed by atoms with Crippen LogP contribution in [-0.4, -0.2) is 95.9 Å². The number of hydrogen-bond acceptors (Lipinski definition) is 8. The standard InChI is InChI=1S/C31H42BrN7O/c1-23-3-8-27(17-23)39(31-28(32)19-34-30(18-33)35-31)22-29(40)26-6-4-24(5-7-26)20-37-13-15-38(16-14-37)21-25-9-11-36(2)12-10-25/h4-7,19,23,25,27H,3,8-17,20-22H2,1-2H3. The summed E-state index contributed by atoms with van der Waals surface area (Å²) in [6.07, 6.45) is 7.42. The molecule has 0 N–H and O–H groups in total. The van der Waals surface area contributed by atoms with E-state index in [4.69, 9.17) is 0 Å². The highest BCUT2D eigenvalue weighted by Crippen LogP contribution is 2.34. The molecule has 0 amide bonds. The molecule has 3 heterocycles. The number of nitriles is 1. The van der Waals surface area contributed by atoms with Crippen molar-refractivity contribution in [2.24, 2.45) is 11.8 Å². The van der Waals surface area contributed by atoms with Gasteiger partial charge in [0.2, 0.25) is 5.82 Å². The summed E-state index contributed by atoms with van der Waals surface area (Å²) in [6, 6.07) is 10.4. The lowest BCUT2D eigenvalue weighted by Crippen LogP contribution is -2.48. The molecule has 2 unspecified atom stereocenters. The third-order valence-electron chi connectivity index (χ3n) is 9.02. The van der Waals surface area contributed by atoms with Crippen molar-refractivity contribution < 1.29 is 4.79 Å². The van der Waals surface area contributed by atoms with E-state index in [0.29, 0.717) is 21.8 Å². The number of piperazine rings is 1. The first kappa shape index (κ1) is 29.1. The summed E-state index contributed by atoms with van der Waals surface area (Å²) in [4.78, 5) is 31.7. The van der Waals surface area contributed by atoms with Gasteiger partial charge < -0.3 is 14.7 Å². The van der Waals surface area contributed by atoms with E-state index in [1.54, 1.807) is 6.20 Å². The van der Waals surface area contributed by atoms with Crippen LogP contribution >= 0.6 is 15.9 Å². The van der Waals surface area contributed by atoms with Crippen LogP contribution in [0.2, 0.25) is 0 Å². The van der Waals surface area contributed by atoms with Crippen LogP contribution in [0.3, 0.4) is 0 Å². The molecule has 2 saturated heterocycles. The summed E-state index contributed by atoms with van der Waals surface area (Å²) in [7, 11) is 2.23. The lowest BCUT2D eigenvalue weighted by Gasteiger charge is -2.38. The zero-order chi connectivity index (χ0) is 28.1. The molecule has 0 bridgehead atoms. The first-order valence-corrected chi connectivity index (χ1v) is 15.6. The molecule has 0 spiro atoms. The lowest BCUT2D eigenvalue weighted by molar-refractivity contribution is 0.0963. The molecule has 1 aliphatic carbocycles. The first-order chi connectivity index (χ1) is 19.4. The zero-order valence-electron chi connectivity index (χ0n) is 23.9. The number of aromatic nitrogens is 2. The number of rotatable bonds is 9. The molecular weight excluding hydrogens is 566 g/mol. The monoisotopic (exact) mass is 607 g/mol. The van der Waals surface area contributed by atoms with Gasteiger partial charge in [0, 0.05) is 57.1 Å². The molecule has 214 valence electrons. The third-order valence-corrected chi connectivity index (χ3v) is 9.58. The number of halogens is 1. The van der Waals surface area contributed by atoms with Gasteiger partial charge in [0.25, 0.3) is 0 Å². The Balaban J connectivity index is 1.16. The van der Waals surface area contributed by atoms with Gasteiger partial charge in [-0.2, -0.15) is 5.26 Å². The molecule has 5 rings (SSSR count). The Kier molecular flexibility index (Phi) is 9.84. The Hall–Kier alpha value is -2.38. The maximum absolute atomic E-state index is 13.5. The van der Waals surface area contributed by atoms with Crippen molar-refractivity contribution in [1.82, 2.24) is 24.7 Å². The van der Waals surface area contributed by atoms with Crippen molar-refractivity contribution in [3.63, 3.8) is 0 Å². The van der Waals surface area contributed by atoms with Crippen LogP contribution in [0.25, 0.3) is 0 Å². The van der Waals surface area contributed by atoms with E-state index >= 15 is 0 Å². The molecule has 9 heteroatoms. The van der Waals surface area contributed by atoms with E-state index in [2.05, 4.69) is 71.6 Å². The van der Waals surface area contributed by atoms with Gasteiger partial charge in [-0.25, -0.2) is 9.97 Å². The van der Waals surface area contributed by atoms with Crippen LogP contribution in [0, 0.1) is 23.2 Å². The summed E-state index contributed by atoms with van der Waals surface area (Å²) < 4.78 is 0.709. The highest BCUT2D eigenvalue weighted by molar-refractivity contribution is 9.10. The number of carbonyl (C=O) groups excluding carboxylic acids is 1. The van der Waals surface area contributed by atoms with Gasteiger partial charge in [0.15, 0.2) is 5.78 Å². The summed E-state index contributed by atoms with van der Waals surface area (Å²) in [5.41, 5.74) is 1.97. The molecule has 1 aromatic heterocycles. The Morgan fingerprint density at radius 2 is 1.75 bits per heavy atom. The number of hydrogen-bond donors (Lipinski definition) is 0. The van der Waals surface area contributed by atoms with E-state index in [0.717, 1.165) is 57.9 Å². The summed E-state index contributed by atoms with van der Waals surface area (Å²) in [5.74, 6) is 2.27. The molecule has 2 atom stereocenters. The second kappa shape index (κ2) is 13.5. The number of likely N-dealkylation sites (tertiary alicyclic amines) is 1. The highest BCUT2D eigenvalue weighted by atomic mass is 79.9. The predicted octanol–water partition coefficient (Wildman–Crippen LogP) is 4.45. The fraction of sp³-hybridized carbons (Fsp3) is 0.613. The molecular formula is C31H42BrN7O. The summed E-state index contributed by atoms with van der Waals surface area (Å²) in [6.45, 7) is 11.6. The molecule has 3 fully saturated rings. The average Bonchev–Trinajstić information content (AvgIpc) is 3.40. The Morgan fingerprint density at radius 1 is 1.05 bits per heavy atom. The zero-order valence-corrected chi connectivity index (χ0v) is 25.5. The Morgan fingerprint density at radius 3 is 2.40 bits per heavy atom. The average molecular weight is 609 g/mol. The fourth-order valence-electron chi connectivity index (χ4n) is 6.49. The highest BCUT2D eigenvalue weighted by Gasteiger charge is 2.31. The van der Waals surface area contributed by atoms with E-state index in [1.165, 1.54) is 38.0 Å². The number of carbonyl (C=O) groups is 1. The van der Waals surface area contributed by atoms with Crippen molar-refractivity contribution >= 4 is 27.5 Å². The largest absolute Gasteiger partial charge is 0.345 e. The second-order valence-corrected chi connectivity index (χ2v) is 13.0. The van der Waals surface area contributed by atoms with Gasteiger partial charge in [0.05, 0.1) is 11.0 Å². The predicted molar refractivity (Wildman–Crippen MR) is 161 cm³/mol. The molecule has 40 heavy (non-hydrogen) atoms. The number of ketones is 1. The smallest absolute Gasteiger partial charge is 0.234 e. The quantitative estimate of drug-likeness (QED) is 0.387. The minimum absolute atomic E-state index is 0.0673. The van der Waals surface area contributed by atoms with Crippen molar-refractivity contribution in [1.29, 1.82) is 5.26 Å². The number of anilines is 1. The van der Waals surface area contributed by atoms with E-state index in [1.807, 2.05) is 18.2 Å². The Labute approximate surface area is 247 Å². The van der Waals surface area contributed by atoms with E-state index in [-0.39, 0.29) is 24.2 Å². The van der Waals surface area contributed by atoms with Crippen LogP contribution in [0.15, 0.2) is 34.9 Å².